The van der Waals surface area contributed by atoms with E-state index in [0.717, 1.165) is 6.07 Å². The number of rotatable bonds is 2. The molecule has 0 aliphatic heterocycles. The molecule has 2 aromatic carbocycles. The molecule has 4 N–H and O–H groups in total. The van der Waals surface area contributed by atoms with E-state index in [1.54, 1.807) is 0 Å². The van der Waals surface area contributed by atoms with E-state index in [2.05, 4.69) is 79.6 Å². The summed E-state index contributed by atoms with van der Waals surface area (Å²) in [5.74, 6) is -2.43. The van der Waals surface area contributed by atoms with Crippen LogP contribution in [0.2, 0.25) is 0 Å². The molecule has 0 unspecified atom stereocenters. The van der Waals surface area contributed by atoms with Crippen molar-refractivity contribution in [1.82, 2.24) is 0 Å². The predicted molar refractivity (Wildman–Crippen MR) is 101 cm³/mol. The topological polar surface area (TPSA) is 98.0 Å². The summed E-state index contributed by atoms with van der Waals surface area (Å²) in [6, 6.07) is 1.09. The molecule has 0 fully saturated rings. The van der Waals surface area contributed by atoms with Crippen LogP contribution in [0, 0.1) is 0 Å². The molecule has 2 rings (SSSR count). The normalized spacial score (nSPS) is 10.8. The zero-order chi connectivity index (χ0) is 17.6. The maximum Gasteiger partial charge on any atom is 0.196 e. The van der Waals surface area contributed by atoms with Crippen molar-refractivity contribution in [2.75, 3.05) is 0 Å². The quantitative estimate of drug-likeness (QED) is 0.196. The summed E-state index contributed by atoms with van der Waals surface area (Å²) in [7, 11) is 0. The van der Waals surface area contributed by atoms with Gasteiger partial charge in [0, 0.05) is 14.5 Å². The molecule has 0 spiro atoms. The van der Waals surface area contributed by atoms with E-state index in [9.17, 15) is 25.2 Å². The number of aromatic hydroxyl groups is 4. The minimum atomic E-state index is -0.581. The second-order valence-electron chi connectivity index (χ2n) is 4.26. The lowest BCUT2D eigenvalue weighted by atomic mass is 10.0. The molecule has 0 aliphatic carbocycles. The molecule has 0 heterocycles. The monoisotopic (exact) mass is 636 g/mol. The van der Waals surface area contributed by atoms with Crippen LogP contribution in [0.15, 0.2) is 28.4 Å². The van der Waals surface area contributed by atoms with Crippen molar-refractivity contribution in [3.63, 3.8) is 0 Å². The number of carbonyl (C=O) groups excluding carboxylic acids is 1. The van der Waals surface area contributed by atoms with Gasteiger partial charge in [0.05, 0.1) is 19.0 Å². The van der Waals surface area contributed by atoms with Crippen LogP contribution in [0.3, 0.4) is 0 Å². The molecule has 0 amide bonds. The molecule has 0 saturated heterocycles. The van der Waals surface area contributed by atoms with Crippen LogP contribution in [0.4, 0.5) is 0 Å². The first kappa shape index (κ1) is 19.0. The van der Waals surface area contributed by atoms with E-state index in [0.29, 0.717) is 0 Å². The Balaban J connectivity index is 2.78. The minimum Gasteiger partial charge on any atom is -0.504 e. The van der Waals surface area contributed by atoms with Gasteiger partial charge in [-0.2, -0.15) is 0 Å². The number of carbonyl (C=O) groups is 1. The molecule has 122 valence electrons. The number of benzene rings is 2. The van der Waals surface area contributed by atoms with Crippen molar-refractivity contribution in [2.24, 2.45) is 0 Å². The number of phenols is 4. The highest BCUT2D eigenvalue weighted by molar-refractivity contribution is 9.13. The first-order valence-electron chi connectivity index (χ1n) is 5.62. The molecule has 0 aliphatic rings. The van der Waals surface area contributed by atoms with Gasteiger partial charge < -0.3 is 20.4 Å². The van der Waals surface area contributed by atoms with Gasteiger partial charge in [-0.25, -0.2) is 0 Å². The van der Waals surface area contributed by atoms with E-state index in [1.807, 2.05) is 0 Å². The van der Waals surface area contributed by atoms with Crippen molar-refractivity contribution in [3.05, 3.63) is 39.6 Å². The standard InChI is InChI=1S/C13H5Br5O5/c14-5-2(1-3(19)11(21)8(5)17)10(20)4-6(15)9(18)13(23)12(22)7(4)16/h1,19,21-23H. The van der Waals surface area contributed by atoms with Gasteiger partial charge in [0.15, 0.2) is 28.8 Å². The fourth-order valence-corrected chi connectivity index (χ4v) is 4.42. The fourth-order valence-electron chi connectivity index (χ4n) is 1.74. The highest BCUT2D eigenvalue weighted by Crippen LogP contribution is 2.49. The third kappa shape index (κ3) is 3.15. The smallest absolute Gasteiger partial charge is 0.196 e. The van der Waals surface area contributed by atoms with Crippen LogP contribution >= 0.6 is 79.6 Å². The van der Waals surface area contributed by atoms with Gasteiger partial charge in [-0.1, -0.05) is 0 Å². The summed E-state index contributed by atoms with van der Waals surface area (Å²) in [6.45, 7) is 0. The van der Waals surface area contributed by atoms with E-state index >= 15 is 0 Å². The highest BCUT2D eigenvalue weighted by atomic mass is 79.9. The van der Waals surface area contributed by atoms with Gasteiger partial charge >= 0.3 is 0 Å². The third-order valence-corrected chi connectivity index (χ3v) is 7.90. The molecule has 23 heavy (non-hydrogen) atoms. The minimum absolute atomic E-state index is 0.0184. The lowest BCUT2D eigenvalue weighted by Gasteiger charge is -2.14. The van der Waals surface area contributed by atoms with Crippen molar-refractivity contribution in [3.8, 4) is 23.0 Å². The Bertz CT molecular complexity index is 821. The van der Waals surface area contributed by atoms with Crippen LogP contribution < -0.4 is 0 Å². The lowest BCUT2D eigenvalue weighted by molar-refractivity contribution is 0.103. The summed E-state index contributed by atoms with van der Waals surface area (Å²) in [4.78, 5) is 12.8. The Morgan fingerprint density at radius 2 is 1.17 bits per heavy atom. The fraction of sp³-hybridized carbons (Fsp3) is 0. The van der Waals surface area contributed by atoms with Crippen molar-refractivity contribution in [2.45, 2.75) is 0 Å². The maximum atomic E-state index is 12.8. The van der Waals surface area contributed by atoms with E-state index in [-0.39, 0.29) is 33.5 Å². The van der Waals surface area contributed by atoms with E-state index < -0.39 is 28.8 Å². The van der Waals surface area contributed by atoms with Crippen LogP contribution in [-0.4, -0.2) is 26.2 Å². The number of hydrogen-bond acceptors (Lipinski definition) is 5. The maximum absolute atomic E-state index is 12.8. The van der Waals surface area contributed by atoms with E-state index in [1.165, 1.54) is 0 Å². The Labute approximate surface area is 172 Å². The van der Waals surface area contributed by atoms with Gasteiger partial charge in [-0.3, -0.25) is 4.79 Å². The average molecular weight is 641 g/mol. The zero-order valence-electron chi connectivity index (χ0n) is 10.7. The number of ketones is 1. The summed E-state index contributed by atoms with van der Waals surface area (Å²) < 4.78 is 0.612. The number of halogens is 5. The van der Waals surface area contributed by atoms with Gasteiger partial charge in [0.25, 0.3) is 0 Å². The van der Waals surface area contributed by atoms with Gasteiger partial charge in [0.1, 0.15) is 0 Å². The summed E-state index contributed by atoms with van der Waals surface area (Å²) in [5, 5.41) is 39.0. The summed E-state index contributed by atoms with van der Waals surface area (Å²) >= 11 is 15.6. The molecule has 0 bridgehead atoms. The molecule has 0 saturated carbocycles. The Morgan fingerprint density at radius 3 is 1.74 bits per heavy atom. The molecule has 0 radical (unpaired) electrons. The SMILES string of the molecule is O=C(c1cc(O)c(O)c(Br)c1Br)c1c(Br)c(O)c(O)c(Br)c1Br. The van der Waals surface area contributed by atoms with Crippen LogP contribution in [0.5, 0.6) is 23.0 Å². The van der Waals surface area contributed by atoms with Crippen molar-refractivity contribution < 1.29 is 25.2 Å². The highest BCUT2D eigenvalue weighted by Gasteiger charge is 2.28. The molecular formula is C13H5Br5O5. The van der Waals surface area contributed by atoms with Crippen molar-refractivity contribution >= 4 is 85.4 Å². The Morgan fingerprint density at radius 1 is 0.696 bits per heavy atom. The lowest BCUT2D eigenvalue weighted by Crippen LogP contribution is -2.06. The Kier molecular flexibility index (Phi) is 5.72. The van der Waals surface area contributed by atoms with Crippen LogP contribution in [-0.2, 0) is 0 Å². The predicted octanol–water partition coefficient (Wildman–Crippen LogP) is 5.55. The molecular weight excluding hydrogens is 636 g/mol. The number of hydrogen-bond donors (Lipinski definition) is 4. The van der Waals surface area contributed by atoms with Crippen LogP contribution in [0.1, 0.15) is 15.9 Å². The Hall–Kier alpha value is -0.290. The van der Waals surface area contributed by atoms with Crippen LogP contribution in [0.25, 0.3) is 0 Å². The number of phenolic OH excluding ortho intramolecular Hbond substituents is 4. The largest absolute Gasteiger partial charge is 0.504 e. The van der Waals surface area contributed by atoms with Gasteiger partial charge in [0.2, 0.25) is 0 Å². The van der Waals surface area contributed by atoms with Gasteiger partial charge in [-0.15, -0.1) is 0 Å². The van der Waals surface area contributed by atoms with E-state index in [4.69, 9.17) is 0 Å². The molecule has 0 aromatic heterocycles. The molecule has 5 nitrogen and oxygen atoms in total. The first-order chi connectivity index (χ1) is 10.6. The second kappa shape index (κ2) is 6.91. The second-order valence-corrected chi connectivity index (χ2v) is 8.23. The summed E-state index contributed by atoms with van der Waals surface area (Å²) in [5.41, 5.74) is 0.0513. The van der Waals surface area contributed by atoms with Crippen molar-refractivity contribution in [1.29, 1.82) is 0 Å². The average Bonchev–Trinajstić information content (AvgIpc) is 2.52. The molecule has 2 aromatic rings. The molecule has 10 heteroatoms. The zero-order valence-corrected chi connectivity index (χ0v) is 18.6. The van der Waals surface area contributed by atoms with Gasteiger partial charge in [-0.05, 0) is 85.7 Å². The first-order valence-corrected chi connectivity index (χ1v) is 9.59. The summed E-state index contributed by atoms with van der Waals surface area (Å²) in [6.07, 6.45) is 0. The third-order valence-electron chi connectivity index (χ3n) is 2.90. The molecule has 0 atom stereocenters.